The summed E-state index contributed by atoms with van der Waals surface area (Å²) in [5, 5.41) is 9.69. The molecule has 2 heterocycles. The number of nitrogens with one attached hydrogen (secondary N) is 1. The highest BCUT2D eigenvalue weighted by Gasteiger charge is 2.35. The summed E-state index contributed by atoms with van der Waals surface area (Å²) in [5.74, 6) is 1.24. The van der Waals surface area contributed by atoms with Crippen molar-refractivity contribution in [3.8, 4) is 0 Å². The number of benzene rings is 1. The molecular weight excluding hydrogens is 330 g/mol. The van der Waals surface area contributed by atoms with Gasteiger partial charge in [-0.15, -0.1) is 5.10 Å². The SMILES string of the molecule is CSc1nc2n(n1)CC1CCC(NCc3ccc(Cl)cc3)C1=N2. The van der Waals surface area contributed by atoms with Gasteiger partial charge < -0.3 is 5.32 Å². The molecule has 120 valence electrons. The summed E-state index contributed by atoms with van der Waals surface area (Å²) >= 11 is 7.50. The summed E-state index contributed by atoms with van der Waals surface area (Å²) in [5.41, 5.74) is 2.48. The lowest BCUT2D eigenvalue weighted by atomic mass is 10.0. The lowest BCUT2D eigenvalue weighted by Crippen LogP contribution is -2.36. The Balaban J connectivity index is 1.49. The van der Waals surface area contributed by atoms with E-state index in [-0.39, 0.29) is 0 Å². The van der Waals surface area contributed by atoms with Gasteiger partial charge in [-0.25, -0.2) is 9.67 Å². The van der Waals surface area contributed by atoms with Gasteiger partial charge in [-0.3, -0.25) is 0 Å². The topological polar surface area (TPSA) is 55.1 Å². The number of thioether (sulfide) groups is 1. The predicted octanol–water partition coefficient (Wildman–Crippen LogP) is 3.31. The Kier molecular flexibility index (Phi) is 4.13. The number of halogens is 1. The van der Waals surface area contributed by atoms with Gasteiger partial charge in [0.25, 0.3) is 0 Å². The van der Waals surface area contributed by atoms with Crippen molar-refractivity contribution in [1.82, 2.24) is 20.1 Å². The molecule has 5 nitrogen and oxygen atoms in total. The minimum absolute atomic E-state index is 0.332. The van der Waals surface area contributed by atoms with Gasteiger partial charge in [0.15, 0.2) is 0 Å². The van der Waals surface area contributed by atoms with Crippen LogP contribution in [0.1, 0.15) is 18.4 Å². The third kappa shape index (κ3) is 3.03. The van der Waals surface area contributed by atoms with E-state index >= 15 is 0 Å². The smallest absolute Gasteiger partial charge is 0.248 e. The maximum atomic E-state index is 5.94. The molecule has 1 N–H and O–H groups in total. The molecule has 2 aromatic rings. The monoisotopic (exact) mass is 347 g/mol. The highest BCUT2D eigenvalue weighted by atomic mass is 35.5. The predicted molar refractivity (Wildman–Crippen MR) is 93.7 cm³/mol. The highest BCUT2D eigenvalue weighted by molar-refractivity contribution is 7.98. The first-order valence-electron chi connectivity index (χ1n) is 7.78. The molecular formula is C16H18ClN5S. The van der Waals surface area contributed by atoms with Crippen molar-refractivity contribution in [2.75, 3.05) is 6.26 Å². The average Bonchev–Trinajstić information content (AvgIpc) is 3.15. The van der Waals surface area contributed by atoms with Crippen molar-refractivity contribution < 1.29 is 0 Å². The van der Waals surface area contributed by atoms with Gasteiger partial charge >= 0.3 is 0 Å². The van der Waals surface area contributed by atoms with Crippen LogP contribution in [0.25, 0.3) is 0 Å². The Morgan fingerprint density at radius 1 is 1.30 bits per heavy atom. The Bertz CT molecular complexity index is 739. The van der Waals surface area contributed by atoms with Crippen LogP contribution in [-0.4, -0.2) is 32.8 Å². The van der Waals surface area contributed by atoms with E-state index in [0.717, 1.165) is 42.1 Å². The van der Waals surface area contributed by atoms with E-state index in [0.29, 0.717) is 12.0 Å². The van der Waals surface area contributed by atoms with E-state index in [4.69, 9.17) is 16.6 Å². The van der Waals surface area contributed by atoms with Crippen LogP contribution in [0.4, 0.5) is 5.95 Å². The fraction of sp³-hybridized carbons (Fsp3) is 0.438. The first-order valence-corrected chi connectivity index (χ1v) is 9.38. The van der Waals surface area contributed by atoms with Gasteiger partial charge in [0.05, 0.1) is 6.54 Å². The summed E-state index contributed by atoms with van der Waals surface area (Å²) in [6.45, 7) is 1.73. The Labute approximate surface area is 144 Å². The molecule has 0 saturated heterocycles. The van der Waals surface area contributed by atoms with E-state index in [9.17, 15) is 0 Å². The van der Waals surface area contributed by atoms with Crippen LogP contribution in [0, 0.1) is 5.92 Å². The number of rotatable bonds is 4. The van der Waals surface area contributed by atoms with E-state index in [1.807, 2.05) is 23.1 Å². The summed E-state index contributed by atoms with van der Waals surface area (Å²) < 4.78 is 1.95. The van der Waals surface area contributed by atoms with Gasteiger partial charge in [-0.05, 0) is 36.8 Å². The molecule has 1 fully saturated rings. The number of aliphatic imine (C=N–C) groups is 1. The molecule has 0 bridgehead atoms. The van der Waals surface area contributed by atoms with Crippen molar-refractivity contribution in [1.29, 1.82) is 0 Å². The van der Waals surface area contributed by atoms with Crippen LogP contribution in [0.2, 0.25) is 5.02 Å². The van der Waals surface area contributed by atoms with Crippen molar-refractivity contribution in [2.24, 2.45) is 10.9 Å². The van der Waals surface area contributed by atoms with Crippen LogP contribution in [0.5, 0.6) is 0 Å². The summed E-state index contributed by atoms with van der Waals surface area (Å²) in [4.78, 5) is 9.27. The summed E-state index contributed by atoms with van der Waals surface area (Å²) in [6, 6.07) is 8.32. The van der Waals surface area contributed by atoms with Crippen LogP contribution in [-0.2, 0) is 13.1 Å². The molecule has 23 heavy (non-hydrogen) atoms. The van der Waals surface area contributed by atoms with Crippen LogP contribution >= 0.6 is 23.4 Å². The van der Waals surface area contributed by atoms with Gasteiger partial charge in [-0.2, -0.15) is 4.98 Å². The number of hydrogen-bond acceptors (Lipinski definition) is 5. The Morgan fingerprint density at radius 2 is 2.13 bits per heavy atom. The van der Waals surface area contributed by atoms with Gasteiger partial charge in [0, 0.05) is 29.2 Å². The second kappa shape index (κ2) is 6.26. The lowest BCUT2D eigenvalue weighted by Gasteiger charge is -2.20. The van der Waals surface area contributed by atoms with Crippen molar-refractivity contribution in [2.45, 2.75) is 37.1 Å². The first kappa shape index (κ1) is 15.2. The molecule has 1 aliphatic heterocycles. The zero-order valence-corrected chi connectivity index (χ0v) is 14.4. The maximum Gasteiger partial charge on any atom is 0.248 e. The molecule has 0 amide bonds. The Morgan fingerprint density at radius 3 is 2.91 bits per heavy atom. The lowest BCUT2D eigenvalue weighted by molar-refractivity contribution is 0.490. The third-order valence-electron chi connectivity index (χ3n) is 4.48. The second-order valence-electron chi connectivity index (χ2n) is 5.95. The molecule has 0 spiro atoms. The molecule has 0 radical (unpaired) electrons. The van der Waals surface area contributed by atoms with E-state index in [1.165, 1.54) is 11.3 Å². The second-order valence-corrected chi connectivity index (χ2v) is 7.16. The van der Waals surface area contributed by atoms with Gasteiger partial charge in [0.1, 0.15) is 0 Å². The summed E-state index contributed by atoms with van der Waals surface area (Å²) in [6.07, 6.45) is 4.27. The molecule has 2 aliphatic rings. The van der Waals surface area contributed by atoms with Crippen molar-refractivity contribution in [3.05, 3.63) is 34.9 Å². The van der Waals surface area contributed by atoms with Crippen molar-refractivity contribution in [3.63, 3.8) is 0 Å². The Hall–Kier alpha value is -1.37. The fourth-order valence-corrected chi connectivity index (χ4v) is 3.76. The highest BCUT2D eigenvalue weighted by Crippen LogP contribution is 2.32. The molecule has 7 heteroatoms. The standard InChI is InChI=1S/C16H18ClN5S/c1-23-16-20-15-19-14-11(9-22(15)21-16)4-7-13(14)18-8-10-2-5-12(17)6-3-10/h2-3,5-6,11,13,18H,4,7-9H2,1H3. The van der Waals surface area contributed by atoms with Crippen molar-refractivity contribution >= 4 is 35.0 Å². The molecule has 1 saturated carbocycles. The maximum absolute atomic E-state index is 5.94. The number of aromatic nitrogens is 3. The fourth-order valence-electron chi connectivity index (χ4n) is 3.28. The quantitative estimate of drug-likeness (QED) is 0.862. The first-order chi connectivity index (χ1) is 11.2. The zero-order valence-electron chi connectivity index (χ0n) is 12.9. The number of nitrogens with zero attached hydrogens (tertiary/aromatic N) is 4. The van der Waals surface area contributed by atoms with Gasteiger partial charge in [0.2, 0.25) is 11.1 Å². The molecule has 1 aliphatic carbocycles. The average molecular weight is 348 g/mol. The van der Waals surface area contributed by atoms with E-state index < -0.39 is 0 Å². The zero-order chi connectivity index (χ0) is 15.8. The molecule has 1 aromatic carbocycles. The minimum Gasteiger partial charge on any atom is -0.305 e. The van der Waals surface area contributed by atoms with E-state index in [1.54, 1.807) is 11.8 Å². The molecule has 2 unspecified atom stereocenters. The minimum atomic E-state index is 0.332. The molecule has 1 aromatic heterocycles. The number of hydrogen-bond donors (Lipinski definition) is 1. The number of fused-ring (bicyclic) bond motifs is 2. The van der Waals surface area contributed by atoms with Crippen LogP contribution in [0.3, 0.4) is 0 Å². The normalized spacial score (nSPS) is 22.6. The van der Waals surface area contributed by atoms with Gasteiger partial charge in [-0.1, -0.05) is 35.5 Å². The van der Waals surface area contributed by atoms with Crippen LogP contribution < -0.4 is 5.32 Å². The largest absolute Gasteiger partial charge is 0.305 e. The third-order valence-corrected chi connectivity index (χ3v) is 5.27. The van der Waals surface area contributed by atoms with Crippen LogP contribution in [0.15, 0.2) is 34.4 Å². The van der Waals surface area contributed by atoms with E-state index in [2.05, 4.69) is 27.5 Å². The molecule has 2 atom stereocenters. The molecule has 4 rings (SSSR count). The summed E-state index contributed by atoms with van der Waals surface area (Å²) in [7, 11) is 0.